The van der Waals surface area contributed by atoms with Gasteiger partial charge in [-0.15, -0.1) is 0 Å². The molecule has 0 spiro atoms. The second kappa shape index (κ2) is 12.3. The first-order chi connectivity index (χ1) is 18.9. The quantitative estimate of drug-likeness (QED) is 0.323. The van der Waals surface area contributed by atoms with Crippen molar-refractivity contribution in [2.24, 2.45) is 10.9 Å². The van der Waals surface area contributed by atoms with E-state index in [0.717, 1.165) is 5.56 Å². The molecule has 1 heterocycles. The van der Waals surface area contributed by atoms with Gasteiger partial charge in [-0.25, -0.2) is 0 Å². The van der Waals surface area contributed by atoms with Gasteiger partial charge >= 0.3 is 5.97 Å². The molecule has 0 amide bonds. The molecule has 39 heavy (non-hydrogen) atoms. The first-order valence-corrected chi connectivity index (χ1v) is 12.8. The highest BCUT2D eigenvalue weighted by atomic mass is 16.6. The standard InChI is InChI=1S/C30H35NO8/c1-17-26(30(33)39-13-12-34-2)27(20-8-7-9-24(36-4)29(20)38-6)28-21(31-17)14-19(15-22(28)32)18-10-11-23(35-3)25(16-18)37-5/h7-11,16,19,26-27H,12-15H2,1-6H3/t19-,26?,27+/m0/s1. The van der Waals surface area contributed by atoms with E-state index in [4.69, 9.17) is 33.4 Å². The Kier molecular flexibility index (Phi) is 8.91. The summed E-state index contributed by atoms with van der Waals surface area (Å²) in [5, 5.41) is 0. The van der Waals surface area contributed by atoms with Crippen LogP contribution in [0.1, 0.15) is 42.7 Å². The summed E-state index contributed by atoms with van der Waals surface area (Å²) < 4.78 is 32.7. The van der Waals surface area contributed by atoms with Crippen molar-refractivity contribution in [1.29, 1.82) is 0 Å². The van der Waals surface area contributed by atoms with E-state index >= 15 is 0 Å². The summed E-state index contributed by atoms with van der Waals surface area (Å²) >= 11 is 0. The zero-order chi connectivity index (χ0) is 28.1. The Hall–Kier alpha value is -3.85. The predicted molar refractivity (Wildman–Crippen MR) is 145 cm³/mol. The second-order valence-electron chi connectivity index (χ2n) is 9.45. The number of para-hydroxylation sites is 1. The van der Waals surface area contributed by atoms with Gasteiger partial charge in [0.15, 0.2) is 28.8 Å². The highest BCUT2D eigenvalue weighted by molar-refractivity contribution is 6.09. The molecule has 1 aliphatic heterocycles. The molecule has 3 atom stereocenters. The smallest absolute Gasteiger partial charge is 0.315 e. The normalized spacial score (nSPS) is 20.6. The molecule has 0 bridgehead atoms. The van der Waals surface area contributed by atoms with Gasteiger partial charge in [0.1, 0.15) is 12.5 Å². The molecule has 208 valence electrons. The lowest BCUT2D eigenvalue weighted by Crippen LogP contribution is -2.38. The Bertz CT molecular complexity index is 1300. The maximum absolute atomic E-state index is 13.9. The lowest BCUT2D eigenvalue weighted by atomic mass is 9.69. The molecular weight excluding hydrogens is 502 g/mol. The van der Waals surface area contributed by atoms with Crippen LogP contribution in [0.15, 0.2) is 52.7 Å². The minimum absolute atomic E-state index is 0.0724. The van der Waals surface area contributed by atoms with Gasteiger partial charge in [0.2, 0.25) is 0 Å². The fourth-order valence-corrected chi connectivity index (χ4v) is 5.52. The number of methoxy groups -OCH3 is 5. The van der Waals surface area contributed by atoms with Crippen molar-refractivity contribution < 1.29 is 38.0 Å². The Morgan fingerprint density at radius 2 is 1.64 bits per heavy atom. The van der Waals surface area contributed by atoms with Crippen molar-refractivity contribution >= 4 is 17.5 Å². The Labute approximate surface area is 228 Å². The van der Waals surface area contributed by atoms with Gasteiger partial charge in [-0.2, -0.15) is 0 Å². The number of rotatable bonds is 10. The van der Waals surface area contributed by atoms with Gasteiger partial charge in [-0.3, -0.25) is 14.6 Å². The fraction of sp³-hybridized carbons (Fsp3) is 0.433. The Morgan fingerprint density at radius 1 is 0.897 bits per heavy atom. The van der Waals surface area contributed by atoms with E-state index in [2.05, 4.69) is 0 Å². The van der Waals surface area contributed by atoms with Crippen LogP contribution < -0.4 is 18.9 Å². The Balaban J connectivity index is 1.81. The van der Waals surface area contributed by atoms with Gasteiger partial charge in [0.25, 0.3) is 0 Å². The fourth-order valence-electron chi connectivity index (χ4n) is 5.52. The number of nitrogens with zero attached hydrogens (tertiary/aromatic N) is 1. The van der Waals surface area contributed by atoms with E-state index in [1.165, 1.54) is 7.11 Å². The summed E-state index contributed by atoms with van der Waals surface area (Å²) in [6, 6.07) is 11.2. The van der Waals surface area contributed by atoms with Crippen LogP contribution in [0.25, 0.3) is 0 Å². The summed E-state index contributed by atoms with van der Waals surface area (Å²) in [6.45, 7) is 2.17. The van der Waals surface area contributed by atoms with Crippen molar-refractivity contribution in [3.8, 4) is 23.0 Å². The molecule has 1 aliphatic carbocycles. The summed E-state index contributed by atoms with van der Waals surface area (Å²) in [5.41, 5.74) is 3.38. The molecule has 0 radical (unpaired) electrons. The van der Waals surface area contributed by atoms with Crippen LogP contribution in [0.5, 0.6) is 23.0 Å². The summed E-state index contributed by atoms with van der Waals surface area (Å²) in [5.74, 6) is 0.108. The van der Waals surface area contributed by atoms with Crippen LogP contribution in [0, 0.1) is 5.92 Å². The molecule has 1 unspecified atom stereocenters. The van der Waals surface area contributed by atoms with Crippen LogP contribution in [0.3, 0.4) is 0 Å². The van der Waals surface area contributed by atoms with Crippen LogP contribution in [0.4, 0.5) is 0 Å². The third-order valence-corrected chi connectivity index (χ3v) is 7.32. The monoisotopic (exact) mass is 537 g/mol. The topological polar surface area (TPSA) is 102 Å². The molecule has 4 rings (SSSR count). The van der Waals surface area contributed by atoms with E-state index in [9.17, 15) is 9.59 Å². The third-order valence-electron chi connectivity index (χ3n) is 7.32. The van der Waals surface area contributed by atoms with E-state index < -0.39 is 17.8 Å². The van der Waals surface area contributed by atoms with Gasteiger partial charge < -0.3 is 28.4 Å². The minimum atomic E-state index is -0.803. The maximum Gasteiger partial charge on any atom is 0.315 e. The number of Topliss-reactive ketones (excluding diaryl/α,β-unsaturated/α-hetero) is 1. The Morgan fingerprint density at radius 3 is 2.31 bits per heavy atom. The molecule has 2 aromatic rings. The van der Waals surface area contributed by atoms with Crippen molar-refractivity contribution in [3.05, 3.63) is 58.8 Å². The summed E-state index contributed by atoms with van der Waals surface area (Å²) in [7, 11) is 7.80. The van der Waals surface area contributed by atoms with Crippen molar-refractivity contribution in [1.82, 2.24) is 0 Å². The second-order valence-corrected chi connectivity index (χ2v) is 9.45. The summed E-state index contributed by atoms with van der Waals surface area (Å²) in [4.78, 5) is 32.2. The third kappa shape index (κ3) is 5.49. The number of aliphatic imine (C=N–C) groups is 1. The molecule has 2 aromatic carbocycles. The number of allylic oxidation sites excluding steroid dienone is 2. The predicted octanol–water partition coefficient (Wildman–Crippen LogP) is 4.49. The SMILES string of the molecule is COCCOC(=O)C1C(C)=NC2=C(C(=O)C[C@@H](c3ccc(OC)c(OC)c3)C2)[C@@H]1c1cccc(OC)c1OC. The van der Waals surface area contributed by atoms with Crippen molar-refractivity contribution in [2.75, 3.05) is 48.8 Å². The average Bonchev–Trinajstić information content (AvgIpc) is 2.95. The lowest BCUT2D eigenvalue weighted by Gasteiger charge is -2.37. The zero-order valence-corrected chi connectivity index (χ0v) is 23.2. The molecule has 0 saturated carbocycles. The number of hydrogen-bond donors (Lipinski definition) is 0. The molecule has 9 nitrogen and oxygen atoms in total. The molecule has 0 fully saturated rings. The highest BCUT2D eigenvalue weighted by Crippen LogP contribution is 2.50. The largest absolute Gasteiger partial charge is 0.493 e. The van der Waals surface area contributed by atoms with Crippen LogP contribution >= 0.6 is 0 Å². The van der Waals surface area contributed by atoms with Crippen LogP contribution in [-0.2, 0) is 19.1 Å². The molecular formula is C30H35NO8. The number of carbonyl (C=O) groups is 2. The number of ether oxygens (including phenoxy) is 6. The maximum atomic E-state index is 13.9. The highest BCUT2D eigenvalue weighted by Gasteiger charge is 2.46. The molecule has 0 saturated heterocycles. The van der Waals surface area contributed by atoms with E-state index in [-0.39, 0.29) is 31.3 Å². The molecule has 0 aromatic heterocycles. The summed E-state index contributed by atoms with van der Waals surface area (Å²) in [6.07, 6.45) is 0.791. The van der Waals surface area contributed by atoms with Gasteiger partial charge in [0, 0.05) is 42.0 Å². The van der Waals surface area contributed by atoms with Gasteiger partial charge in [0.05, 0.1) is 35.0 Å². The van der Waals surface area contributed by atoms with E-state index in [0.29, 0.717) is 52.0 Å². The zero-order valence-electron chi connectivity index (χ0n) is 23.2. The number of benzene rings is 2. The first kappa shape index (κ1) is 28.2. The van der Waals surface area contributed by atoms with Crippen molar-refractivity contribution in [3.63, 3.8) is 0 Å². The van der Waals surface area contributed by atoms with Gasteiger partial charge in [-0.05, 0) is 43.0 Å². The number of ketones is 1. The van der Waals surface area contributed by atoms with E-state index in [1.807, 2.05) is 30.3 Å². The van der Waals surface area contributed by atoms with Crippen LogP contribution in [-0.4, -0.2) is 66.2 Å². The number of carbonyl (C=O) groups excluding carboxylic acids is 2. The molecule has 0 N–H and O–H groups in total. The number of hydrogen-bond acceptors (Lipinski definition) is 9. The first-order valence-electron chi connectivity index (χ1n) is 12.8. The molecule has 2 aliphatic rings. The minimum Gasteiger partial charge on any atom is -0.493 e. The van der Waals surface area contributed by atoms with Crippen molar-refractivity contribution in [2.45, 2.75) is 31.6 Å². The lowest BCUT2D eigenvalue weighted by molar-refractivity contribution is -0.147. The van der Waals surface area contributed by atoms with Crippen LogP contribution in [0.2, 0.25) is 0 Å². The number of esters is 1. The molecule has 9 heteroatoms. The average molecular weight is 538 g/mol. The van der Waals surface area contributed by atoms with E-state index in [1.54, 1.807) is 41.4 Å². The van der Waals surface area contributed by atoms with Gasteiger partial charge in [-0.1, -0.05) is 18.2 Å².